The predicted molar refractivity (Wildman–Crippen MR) is 108 cm³/mol. The van der Waals surface area contributed by atoms with Crippen LogP contribution in [0.1, 0.15) is 50.2 Å². The normalized spacial score (nSPS) is 25.5. The van der Waals surface area contributed by atoms with Gasteiger partial charge < -0.3 is 0 Å². The fraction of sp³-hybridized carbons (Fsp3) is 0.440. The van der Waals surface area contributed by atoms with Gasteiger partial charge >= 0.3 is 0 Å². The maximum atomic E-state index is 13.6. The van der Waals surface area contributed by atoms with Gasteiger partial charge in [0.2, 0.25) is 0 Å². The number of hydrogen-bond donors (Lipinski definition) is 0. The standard InChI is InChI=1S/C25H28F2/c1-2-3-17-4-6-18(7-5-17)19-8-9-21-15-22(11-10-20(21)14-19)23-12-13-24(26)25(27)16-23/h2-3,10-13,15-19H,4-9,14H2,1H3/b3-2+. The first-order valence-electron chi connectivity index (χ1n) is 10.3. The van der Waals surface area contributed by atoms with E-state index in [0.717, 1.165) is 35.3 Å². The average Bonchev–Trinajstić information content (AvgIpc) is 2.70. The van der Waals surface area contributed by atoms with Crippen LogP contribution in [0.25, 0.3) is 11.1 Å². The van der Waals surface area contributed by atoms with Crippen LogP contribution in [-0.2, 0) is 12.8 Å². The third kappa shape index (κ3) is 4.00. The van der Waals surface area contributed by atoms with E-state index in [2.05, 4.69) is 37.3 Å². The molecule has 2 aliphatic rings. The van der Waals surface area contributed by atoms with Crippen LogP contribution in [0.4, 0.5) is 8.78 Å². The molecule has 0 bridgehead atoms. The monoisotopic (exact) mass is 366 g/mol. The summed E-state index contributed by atoms with van der Waals surface area (Å²) in [7, 11) is 0. The molecule has 0 amide bonds. The van der Waals surface area contributed by atoms with Crippen molar-refractivity contribution in [3.63, 3.8) is 0 Å². The Hall–Kier alpha value is -1.96. The van der Waals surface area contributed by atoms with Gasteiger partial charge in [0.05, 0.1) is 0 Å². The SMILES string of the molecule is C/C=C/C1CCC(C2CCc3cc(-c4ccc(F)c(F)c4)ccc3C2)CC1. The Morgan fingerprint density at radius 2 is 1.52 bits per heavy atom. The van der Waals surface area contributed by atoms with Crippen molar-refractivity contribution in [2.24, 2.45) is 17.8 Å². The third-order valence-corrected chi connectivity index (χ3v) is 6.67. The van der Waals surface area contributed by atoms with Crippen molar-refractivity contribution in [1.82, 2.24) is 0 Å². The quantitative estimate of drug-likeness (QED) is 0.507. The van der Waals surface area contributed by atoms with E-state index in [-0.39, 0.29) is 0 Å². The topological polar surface area (TPSA) is 0 Å². The smallest absolute Gasteiger partial charge is 0.159 e. The average molecular weight is 366 g/mol. The van der Waals surface area contributed by atoms with E-state index >= 15 is 0 Å². The summed E-state index contributed by atoms with van der Waals surface area (Å²) in [6.45, 7) is 2.12. The van der Waals surface area contributed by atoms with Gasteiger partial charge in [-0.05, 0) is 104 Å². The molecule has 0 nitrogen and oxygen atoms in total. The fourth-order valence-corrected chi connectivity index (χ4v) is 5.12. The van der Waals surface area contributed by atoms with Crippen LogP contribution in [0.2, 0.25) is 0 Å². The highest BCUT2D eigenvalue weighted by Crippen LogP contribution is 2.40. The first-order chi connectivity index (χ1) is 13.1. The van der Waals surface area contributed by atoms with Gasteiger partial charge in [0.15, 0.2) is 11.6 Å². The van der Waals surface area contributed by atoms with Crippen molar-refractivity contribution in [2.45, 2.75) is 51.9 Å². The molecule has 2 aromatic carbocycles. The molecule has 0 heterocycles. The van der Waals surface area contributed by atoms with Gasteiger partial charge in [-0.15, -0.1) is 0 Å². The fourth-order valence-electron chi connectivity index (χ4n) is 5.12. The lowest BCUT2D eigenvalue weighted by Crippen LogP contribution is -2.26. The third-order valence-electron chi connectivity index (χ3n) is 6.67. The Bertz CT molecular complexity index is 828. The molecule has 1 unspecified atom stereocenters. The second-order valence-corrected chi connectivity index (χ2v) is 8.32. The van der Waals surface area contributed by atoms with E-state index in [9.17, 15) is 8.78 Å². The van der Waals surface area contributed by atoms with Crippen molar-refractivity contribution in [3.05, 3.63) is 71.3 Å². The molecule has 0 radical (unpaired) electrons. The molecule has 2 aromatic rings. The summed E-state index contributed by atoms with van der Waals surface area (Å²) in [6.07, 6.45) is 13.5. The van der Waals surface area contributed by atoms with Crippen molar-refractivity contribution in [1.29, 1.82) is 0 Å². The zero-order valence-corrected chi connectivity index (χ0v) is 16.1. The van der Waals surface area contributed by atoms with Crippen LogP contribution < -0.4 is 0 Å². The molecule has 0 spiro atoms. The minimum atomic E-state index is -0.788. The lowest BCUT2D eigenvalue weighted by atomic mass is 9.69. The number of rotatable bonds is 3. The van der Waals surface area contributed by atoms with Crippen molar-refractivity contribution < 1.29 is 8.78 Å². The first-order valence-corrected chi connectivity index (χ1v) is 10.3. The Kier molecular flexibility index (Phi) is 5.43. The molecule has 27 heavy (non-hydrogen) atoms. The van der Waals surface area contributed by atoms with Gasteiger partial charge in [-0.3, -0.25) is 0 Å². The number of benzene rings is 2. The minimum Gasteiger partial charge on any atom is -0.204 e. The lowest BCUT2D eigenvalue weighted by Gasteiger charge is -2.36. The number of allylic oxidation sites excluding steroid dienone is 2. The second kappa shape index (κ2) is 7.96. The number of halogens is 2. The molecule has 0 saturated heterocycles. The Labute approximate surface area is 161 Å². The highest BCUT2D eigenvalue weighted by Gasteiger charge is 2.29. The zero-order chi connectivity index (χ0) is 18.8. The molecule has 1 atom stereocenters. The van der Waals surface area contributed by atoms with E-state index in [1.54, 1.807) is 6.07 Å². The Morgan fingerprint density at radius 1 is 0.778 bits per heavy atom. The van der Waals surface area contributed by atoms with Crippen LogP contribution >= 0.6 is 0 Å². The first kappa shape index (κ1) is 18.4. The van der Waals surface area contributed by atoms with E-state index in [4.69, 9.17) is 0 Å². The molecule has 1 fully saturated rings. The molecule has 0 aromatic heterocycles. The van der Waals surface area contributed by atoms with E-state index < -0.39 is 11.6 Å². The van der Waals surface area contributed by atoms with Gasteiger partial charge in [-0.1, -0.05) is 36.4 Å². The molecule has 4 rings (SSSR count). The van der Waals surface area contributed by atoms with Gasteiger partial charge in [0, 0.05) is 0 Å². The molecular weight excluding hydrogens is 338 g/mol. The Balaban J connectivity index is 1.46. The number of hydrogen-bond acceptors (Lipinski definition) is 0. The van der Waals surface area contributed by atoms with Crippen molar-refractivity contribution >= 4 is 0 Å². The summed E-state index contributed by atoms with van der Waals surface area (Å²) in [5, 5.41) is 0. The maximum absolute atomic E-state index is 13.6. The molecule has 0 N–H and O–H groups in total. The van der Waals surface area contributed by atoms with Gasteiger partial charge in [-0.2, -0.15) is 0 Å². The van der Waals surface area contributed by atoms with Gasteiger partial charge in [0.25, 0.3) is 0 Å². The lowest BCUT2D eigenvalue weighted by molar-refractivity contribution is 0.206. The summed E-state index contributed by atoms with van der Waals surface area (Å²) in [6, 6.07) is 10.6. The summed E-state index contributed by atoms with van der Waals surface area (Å²) >= 11 is 0. The molecule has 142 valence electrons. The van der Waals surface area contributed by atoms with E-state index in [1.165, 1.54) is 61.8 Å². The highest BCUT2D eigenvalue weighted by atomic mass is 19.2. The summed E-state index contributed by atoms with van der Waals surface area (Å²) in [5.74, 6) is 0.895. The number of fused-ring (bicyclic) bond motifs is 1. The Morgan fingerprint density at radius 3 is 2.26 bits per heavy atom. The predicted octanol–water partition coefficient (Wildman–Crippen LogP) is 7.12. The van der Waals surface area contributed by atoms with Crippen LogP contribution in [0.3, 0.4) is 0 Å². The van der Waals surface area contributed by atoms with Crippen molar-refractivity contribution in [3.8, 4) is 11.1 Å². The highest BCUT2D eigenvalue weighted by molar-refractivity contribution is 5.65. The molecule has 2 aliphatic carbocycles. The van der Waals surface area contributed by atoms with Crippen LogP contribution in [0.15, 0.2) is 48.6 Å². The maximum Gasteiger partial charge on any atom is 0.159 e. The van der Waals surface area contributed by atoms with Crippen LogP contribution in [0.5, 0.6) is 0 Å². The van der Waals surface area contributed by atoms with Crippen LogP contribution in [-0.4, -0.2) is 0 Å². The van der Waals surface area contributed by atoms with E-state index in [1.807, 2.05) is 0 Å². The molecule has 1 saturated carbocycles. The summed E-state index contributed by atoms with van der Waals surface area (Å²) < 4.78 is 26.8. The largest absolute Gasteiger partial charge is 0.204 e. The number of aryl methyl sites for hydroxylation is 1. The van der Waals surface area contributed by atoms with Crippen LogP contribution in [0, 0.1) is 29.4 Å². The van der Waals surface area contributed by atoms with Crippen molar-refractivity contribution in [2.75, 3.05) is 0 Å². The molecular formula is C25H28F2. The minimum absolute atomic E-state index is 0.751. The summed E-state index contributed by atoms with van der Waals surface area (Å²) in [5.41, 5.74) is 4.57. The second-order valence-electron chi connectivity index (χ2n) is 8.32. The van der Waals surface area contributed by atoms with E-state index in [0.29, 0.717) is 0 Å². The molecule has 0 aliphatic heterocycles. The molecule has 2 heteroatoms. The summed E-state index contributed by atoms with van der Waals surface area (Å²) in [4.78, 5) is 0. The van der Waals surface area contributed by atoms with Gasteiger partial charge in [0.1, 0.15) is 0 Å². The zero-order valence-electron chi connectivity index (χ0n) is 16.1. The van der Waals surface area contributed by atoms with Gasteiger partial charge in [-0.25, -0.2) is 8.78 Å².